The van der Waals surface area contributed by atoms with Crippen molar-refractivity contribution in [3.8, 4) is 17.6 Å². The van der Waals surface area contributed by atoms with Gasteiger partial charge in [0, 0.05) is 13.0 Å². The highest BCUT2D eigenvalue weighted by Gasteiger charge is 2.17. The smallest absolute Gasteiger partial charge is 0.161 e. The van der Waals surface area contributed by atoms with E-state index in [-0.39, 0.29) is 0 Å². The van der Waals surface area contributed by atoms with Gasteiger partial charge in [-0.05, 0) is 36.6 Å². The number of nitrogens with one attached hydrogen (secondary N) is 1. The molecule has 0 aliphatic carbocycles. The number of fused-ring (bicyclic) bond motifs is 1. The fourth-order valence-corrected chi connectivity index (χ4v) is 3.91. The molecule has 140 valence electrons. The Labute approximate surface area is 162 Å². The zero-order valence-corrected chi connectivity index (χ0v) is 16.7. The van der Waals surface area contributed by atoms with E-state index in [0.29, 0.717) is 28.6 Å². The summed E-state index contributed by atoms with van der Waals surface area (Å²) >= 11 is 1.41. The van der Waals surface area contributed by atoms with Crippen molar-refractivity contribution < 1.29 is 9.47 Å². The van der Waals surface area contributed by atoms with Crippen molar-refractivity contribution in [1.82, 2.24) is 9.97 Å². The largest absolute Gasteiger partial charge is 0.493 e. The number of methoxy groups -OCH3 is 2. The van der Waals surface area contributed by atoms with E-state index >= 15 is 0 Å². The SMILES string of the molecule is CCCNc1nc(Cc2ccc(OC)c(OC)c2)nc2sc(C#N)c(C)c12. The molecule has 0 bridgehead atoms. The normalized spacial score (nSPS) is 10.6. The molecule has 0 fully saturated rings. The number of ether oxygens (including phenoxy) is 2. The molecule has 2 heterocycles. The zero-order chi connectivity index (χ0) is 19.4. The van der Waals surface area contributed by atoms with Crippen LogP contribution in [-0.2, 0) is 6.42 Å². The van der Waals surface area contributed by atoms with E-state index in [9.17, 15) is 5.26 Å². The van der Waals surface area contributed by atoms with E-state index in [1.165, 1.54) is 11.3 Å². The molecule has 0 aliphatic rings. The third-order valence-electron chi connectivity index (χ3n) is 4.29. The molecule has 1 N–H and O–H groups in total. The summed E-state index contributed by atoms with van der Waals surface area (Å²) in [4.78, 5) is 11.0. The van der Waals surface area contributed by atoms with Gasteiger partial charge in [-0.1, -0.05) is 13.0 Å². The van der Waals surface area contributed by atoms with Crippen molar-refractivity contribution in [3.05, 3.63) is 40.0 Å². The molecular formula is C20H22N4O2S. The fourth-order valence-electron chi connectivity index (χ4n) is 2.91. The summed E-state index contributed by atoms with van der Waals surface area (Å²) in [5, 5.41) is 13.7. The van der Waals surface area contributed by atoms with Gasteiger partial charge >= 0.3 is 0 Å². The number of hydrogen-bond donors (Lipinski definition) is 1. The second-order valence-electron chi connectivity index (χ2n) is 6.13. The van der Waals surface area contributed by atoms with Gasteiger partial charge in [-0.3, -0.25) is 0 Å². The average Bonchev–Trinajstić information content (AvgIpc) is 3.01. The molecule has 0 spiro atoms. The van der Waals surface area contributed by atoms with Crippen LogP contribution in [0.1, 0.15) is 35.2 Å². The average molecular weight is 382 g/mol. The summed E-state index contributed by atoms with van der Waals surface area (Å²) in [5.41, 5.74) is 1.97. The minimum atomic E-state index is 0.565. The van der Waals surface area contributed by atoms with E-state index in [1.54, 1.807) is 14.2 Å². The van der Waals surface area contributed by atoms with Gasteiger partial charge in [0.1, 0.15) is 27.4 Å². The van der Waals surface area contributed by atoms with Crippen LogP contribution >= 0.6 is 11.3 Å². The minimum Gasteiger partial charge on any atom is -0.493 e. The van der Waals surface area contributed by atoms with Crippen molar-refractivity contribution in [2.75, 3.05) is 26.1 Å². The zero-order valence-electron chi connectivity index (χ0n) is 15.9. The molecule has 7 heteroatoms. The van der Waals surface area contributed by atoms with E-state index in [2.05, 4.69) is 18.3 Å². The Balaban J connectivity index is 2.03. The van der Waals surface area contributed by atoms with Gasteiger partial charge in [0.25, 0.3) is 0 Å². The second kappa shape index (κ2) is 8.23. The maximum Gasteiger partial charge on any atom is 0.161 e. The fraction of sp³-hybridized carbons (Fsp3) is 0.350. The summed E-state index contributed by atoms with van der Waals surface area (Å²) in [5.74, 6) is 2.88. The highest BCUT2D eigenvalue weighted by molar-refractivity contribution is 7.19. The van der Waals surface area contributed by atoms with Crippen LogP contribution in [0.2, 0.25) is 0 Å². The van der Waals surface area contributed by atoms with Crippen LogP contribution in [0.25, 0.3) is 10.2 Å². The first-order chi connectivity index (χ1) is 13.1. The molecule has 0 saturated heterocycles. The molecular weight excluding hydrogens is 360 g/mol. The molecule has 2 aromatic heterocycles. The predicted octanol–water partition coefficient (Wildman–Crippen LogP) is 4.30. The van der Waals surface area contributed by atoms with Crippen molar-refractivity contribution in [2.24, 2.45) is 0 Å². The first-order valence-electron chi connectivity index (χ1n) is 8.76. The first-order valence-corrected chi connectivity index (χ1v) is 9.57. The molecule has 0 saturated carbocycles. The molecule has 27 heavy (non-hydrogen) atoms. The second-order valence-corrected chi connectivity index (χ2v) is 7.13. The Kier molecular flexibility index (Phi) is 5.77. The Hall–Kier alpha value is -2.85. The number of anilines is 1. The summed E-state index contributed by atoms with van der Waals surface area (Å²) < 4.78 is 10.7. The Morgan fingerprint density at radius 1 is 1.19 bits per heavy atom. The molecule has 0 atom stereocenters. The number of thiophene rings is 1. The number of nitrogens with zero attached hydrogens (tertiary/aromatic N) is 3. The molecule has 0 aliphatic heterocycles. The molecule has 3 aromatic rings. The lowest BCUT2D eigenvalue weighted by Gasteiger charge is -2.11. The summed E-state index contributed by atoms with van der Waals surface area (Å²) in [6.45, 7) is 4.88. The van der Waals surface area contributed by atoms with Gasteiger partial charge in [0.2, 0.25) is 0 Å². The van der Waals surface area contributed by atoms with Crippen LogP contribution in [0.4, 0.5) is 5.82 Å². The van der Waals surface area contributed by atoms with Crippen molar-refractivity contribution in [3.63, 3.8) is 0 Å². The number of rotatable bonds is 7. The van der Waals surface area contributed by atoms with Crippen LogP contribution in [-0.4, -0.2) is 30.7 Å². The quantitative estimate of drug-likeness (QED) is 0.656. The van der Waals surface area contributed by atoms with Crippen LogP contribution < -0.4 is 14.8 Å². The van der Waals surface area contributed by atoms with Crippen molar-refractivity contribution in [2.45, 2.75) is 26.7 Å². The lowest BCUT2D eigenvalue weighted by molar-refractivity contribution is 0.354. The molecule has 0 unspecified atom stereocenters. The number of aromatic nitrogens is 2. The first kappa shape index (κ1) is 18.9. The molecule has 0 amide bonds. The lowest BCUT2D eigenvalue weighted by atomic mass is 10.1. The molecule has 1 aromatic carbocycles. The summed E-state index contributed by atoms with van der Waals surface area (Å²) in [7, 11) is 3.24. The summed E-state index contributed by atoms with van der Waals surface area (Å²) in [6, 6.07) is 8.06. The number of aryl methyl sites for hydroxylation is 1. The predicted molar refractivity (Wildman–Crippen MR) is 108 cm³/mol. The topological polar surface area (TPSA) is 80.1 Å². The van der Waals surface area contributed by atoms with Gasteiger partial charge < -0.3 is 14.8 Å². The molecule has 6 nitrogen and oxygen atoms in total. The Morgan fingerprint density at radius 3 is 2.63 bits per heavy atom. The van der Waals surface area contributed by atoms with Crippen LogP contribution in [0.5, 0.6) is 11.5 Å². The van der Waals surface area contributed by atoms with E-state index in [1.807, 2.05) is 25.1 Å². The molecule has 0 radical (unpaired) electrons. The Morgan fingerprint density at radius 2 is 1.96 bits per heavy atom. The maximum absolute atomic E-state index is 9.36. The van der Waals surface area contributed by atoms with Crippen LogP contribution in [0.15, 0.2) is 18.2 Å². The summed E-state index contributed by atoms with van der Waals surface area (Å²) in [6.07, 6.45) is 1.56. The monoisotopic (exact) mass is 382 g/mol. The number of benzene rings is 1. The van der Waals surface area contributed by atoms with Crippen LogP contribution in [0.3, 0.4) is 0 Å². The minimum absolute atomic E-state index is 0.565. The van der Waals surface area contributed by atoms with E-state index in [0.717, 1.165) is 40.1 Å². The number of nitriles is 1. The standard InChI is InChI=1S/C20H22N4O2S/c1-5-8-22-19-18-12(2)16(11-21)27-20(18)24-17(23-19)10-13-6-7-14(25-3)15(9-13)26-4/h6-7,9H,5,8,10H2,1-4H3,(H,22,23,24). The van der Waals surface area contributed by atoms with E-state index < -0.39 is 0 Å². The number of hydrogen-bond acceptors (Lipinski definition) is 7. The third kappa shape index (κ3) is 3.81. The van der Waals surface area contributed by atoms with Gasteiger partial charge in [0.15, 0.2) is 11.5 Å². The van der Waals surface area contributed by atoms with Gasteiger partial charge in [0.05, 0.1) is 19.6 Å². The highest BCUT2D eigenvalue weighted by atomic mass is 32.1. The lowest BCUT2D eigenvalue weighted by Crippen LogP contribution is -2.06. The van der Waals surface area contributed by atoms with Gasteiger partial charge in [-0.2, -0.15) is 5.26 Å². The van der Waals surface area contributed by atoms with Crippen molar-refractivity contribution in [1.29, 1.82) is 5.26 Å². The Bertz CT molecular complexity index is 1010. The van der Waals surface area contributed by atoms with Gasteiger partial charge in [-0.25, -0.2) is 9.97 Å². The van der Waals surface area contributed by atoms with Crippen LogP contribution in [0, 0.1) is 18.3 Å². The van der Waals surface area contributed by atoms with Gasteiger partial charge in [-0.15, -0.1) is 11.3 Å². The highest BCUT2D eigenvalue weighted by Crippen LogP contribution is 2.34. The maximum atomic E-state index is 9.36. The van der Waals surface area contributed by atoms with Crippen molar-refractivity contribution >= 4 is 27.4 Å². The third-order valence-corrected chi connectivity index (χ3v) is 5.38. The molecule has 3 rings (SSSR count). The van der Waals surface area contributed by atoms with E-state index in [4.69, 9.17) is 19.4 Å².